The average Bonchev–Trinajstić information content (AvgIpc) is 3.14. The van der Waals surface area contributed by atoms with Gasteiger partial charge in [-0.15, -0.1) is 0 Å². The van der Waals surface area contributed by atoms with Crippen LogP contribution < -0.4 is 0 Å². The van der Waals surface area contributed by atoms with Crippen molar-refractivity contribution in [3.8, 4) is 11.1 Å². The quantitative estimate of drug-likeness (QED) is 0.768. The zero-order chi connectivity index (χ0) is 18.8. The Balaban J connectivity index is 1.71. The van der Waals surface area contributed by atoms with E-state index in [4.69, 9.17) is 4.74 Å². The van der Waals surface area contributed by atoms with E-state index in [0.29, 0.717) is 31.7 Å². The summed E-state index contributed by atoms with van der Waals surface area (Å²) in [5, 5.41) is 12.0. The predicted molar refractivity (Wildman–Crippen MR) is 107 cm³/mol. The van der Waals surface area contributed by atoms with E-state index in [1.54, 1.807) is 12.0 Å². The van der Waals surface area contributed by atoms with Crippen LogP contribution in [-0.2, 0) is 11.3 Å². The highest BCUT2D eigenvalue weighted by Crippen LogP contribution is 2.33. The normalized spacial score (nSPS) is 16.8. The van der Waals surface area contributed by atoms with Crippen LogP contribution in [0.25, 0.3) is 21.9 Å². The van der Waals surface area contributed by atoms with Gasteiger partial charge < -0.3 is 14.7 Å². The van der Waals surface area contributed by atoms with E-state index in [0.717, 1.165) is 16.7 Å². The molecule has 0 aromatic heterocycles. The largest absolute Gasteiger partial charge is 0.391 e. The van der Waals surface area contributed by atoms with Gasteiger partial charge in [0, 0.05) is 25.8 Å². The minimum absolute atomic E-state index is 0.0202. The highest BCUT2D eigenvalue weighted by molar-refractivity contribution is 5.99. The molecule has 1 amide bonds. The molecule has 0 saturated carbocycles. The molecule has 1 aliphatic rings. The van der Waals surface area contributed by atoms with Gasteiger partial charge in [-0.3, -0.25) is 4.79 Å². The number of amides is 1. The van der Waals surface area contributed by atoms with Crippen LogP contribution in [0.4, 0.5) is 0 Å². The maximum Gasteiger partial charge on any atom is 0.253 e. The van der Waals surface area contributed by atoms with Gasteiger partial charge in [-0.25, -0.2) is 0 Å². The van der Waals surface area contributed by atoms with Gasteiger partial charge in [-0.1, -0.05) is 48.5 Å². The highest BCUT2D eigenvalue weighted by Gasteiger charge is 2.25. The summed E-state index contributed by atoms with van der Waals surface area (Å²) in [7, 11) is 1.70. The van der Waals surface area contributed by atoms with Crippen molar-refractivity contribution in [3.05, 3.63) is 71.8 Å². The van der Waals surface area contributed by atoms with Gasteiger partial charge in [0.1, 0.15) is 0 Å². The van der Waals surface area contributed by atoms with Crippen molar-refractivity contribution in [2.75, 3.05) is 20.2 Å². The average molecular weight is 361 g/mol. The van der Waals surface area contributed by atoms with Crippen molar-refractivity contribution in [1.29, 1.82) is 0 Å². The first-order valence-corrected chi connectivity index (χ1v) is 9.24. The molecule has 138 valence electrons. The number of likely N-dealkylation sites (tertiary alicyclic amines) is 1. The van der Waals surface area contributed by atoms with E-state index in [1.807, 2.05) is 36.4 Å². The molecule has 0 bridgehead atoms. The number of aliphatic hydroxyl groups is 1. The number of fused-ring (bicyclic) bond motifs is 1. The lowest BCUT2D eigenvalue weighted by atomic mass is 9.93. The summed E-state index contributed by atoms with van der Waals surface area (Å²) in [6, 6.07) is 20.3. The molecule has 0 spiro atoms. The molecule has 4 rings (SSSR count). The Bertz CT molecular complexity index is 965. The second-order valence-electron chi connectivity index (χ2n) is 7.02. The first-order chi connectivity index (χ1) is 13.2. The third-order valence-electron chi connectivity index (χ3n) is 5.19. The van der Waals surface area contributed by atoms with Gasteiger partial charge in [-0.05, 0) is 46.0 Å². The first-order valence-electron chi connectivity index (χ1n) is 9.24. The lowest BCUT2D eigenvalue weighted by molar-refractivity contribution is 0.0765. The zero-order valence-corrected chi connectivity index (χ0v) is 15.4. The third kappa shape index (κ3) is 3.46. The number of nitrogens with zero attached hydrogens (tertiary/aromatic N) is 1. The number of hydrogen-bond donors (Lipinski definition) is 1. The maximum atomic E-state index is 12.6. The van der Waals surface area contributed by atoms with Crippen molar-refractivity contribution in [1.82, 2.24) is 4.90 Å². The number of carbonyl (C=O) groups is 1. The molecule has 1 atom stereocenters. The van der Waals surface area contributed by atoms with Crippen LogP contribution in [0.2, 0.25) is 0 Å². The van der Waals surface area contributed by atoms with Crippen LogP contribution in [0.5, 0.6) is 0 Å². The van der Waals surface area contributed by atoms with Crippen molar-refractivity contribution in [2.45, 2.75) is 19.1 Å². The van der Waals surface area contributed by atoms with Gasteiger partial charge in [0.2, 0.25) is 0 Å². The summed E-state index contributed by atoms with van der Waals surface area (Å²) in [4.78, 5) is 14.3. The van der Waals surface area contributed by atoms with Gasteiger partial charge in [0.25, 0.3) is 5.91 Å². The monoisotopic (exact) mass is 361 g/mol. The van der Waals surface area contributed by atoms with Crippen LogP contribution >= 0.6 is 0 Å². The number of ether oxygens (including phenoxy) is 1. The number of carbonyl (C=O) groups excluding carboxylic acids is 1. The molecule has 1 fully saturated rings. The molecular formula is C23H23NO3. The zero-order valence-electron chi connectivity index (χ0n) is 15.4. The Hall–Kier alpha value is -2.69. The number of aliphatic hydroxyl groups excluding tert-OH is 1. The van der Waals surface area contributed by atoms with Crippen LogP contribution in [0.15, 0.2) is 60.7 Å². The van der Waals surface area contributed by atoms with E-state index < -0.39 is 6.10 Å². The molecule has 0 aliphatic carbocycles. The van der Waals surface area contributed by atoms with E-state index in [2.05, 4.69) is 24.3 Å². The number of hydrogen-bond acceptors (Lipinski definition) is 3. The molecule has 1 heterocycles. The molecule has 1 N–H and O–H groups in total. The van der Waals surface area contributed by atoms with Crippen molar-refractivity contribution in [2.24, 2.45) is 0 Å². The Morgan fingerprint density at radius 3 is 2.59 bits per heavy atom. The minimum Gasteiger partial charge on any atom is -0.391 e. The molecule has 4 heteroatoms. The molecule has 4 nitrogen and oxygen atoms in total. The lowest BCUT2D eigenvalue weighted by Gasteiger charge is -2.17. The molecular weight excluding hydrogens is 338 g/mol. The Morgan fingerprint density at radius 1 is 1.11 bits per heavy atom. The SMILES string of the molecule is COCc1ccc2ccccc2c1-c1ccc(C(=O)N2CC[C@@H](O)C2)cc1. The standard InChI is InChI=1S/C23H23NO3/c1-27-15-19-11-6-16-4-2-3-5-21(16)22(19)17-7-9-18(10-8-17)23(26)24-13-12-20(25)14-24/h2-11,20,25H,12-15H2,1H3/t20-/m1/s1. The van der Waals surface area contributed by atoms with E-state index in [1.165, 1.54) is 10.8 Å². The van der Waals surface area contributed by atoms with E-state index in [-0.39, 0.29) is 5.91 Å². The summed E-state index contributed by atoms with van der Waals surface area (Å²) in [5.41, 5.74) is 3.99. The number of rotatable bonds is 4. The van der Waals surface area contributed by atoms with Gasteiger partial charge in [0.05, 0.1) is 12.7 Å². The second-order valence-corrected chi connectivity index (χ2v) is 7.02. The van der Waals surface area contributed by atoms with Gasteiger partial charge in [-0.2, -0.15) is 0 Å². The number of benzene rings is 3. The van der Waals surface area contributed by atoms with Gasteiger partial charge >= 0.3 is 0 Å². The van der Waals surface area contributed by atoms with Crippen LogP contribution in [0.3, 0.4) is 0 Å². The first kappa shape index (κ1) is 17.7. The molecule has 27 heavy (non-hydrogen) atoms. The summed E-state index contributed by atoms with van der Waals surface area (Å²) in [5.74, 6) is -0.0202. The van der Waals surface area contributed by atoms with Crippen molar-refractivity contribution >= 4 is 16.7 Å². The molecule has 0 unspecified atom stereocenters. The molecule has 3 aromatic rings. The van der Waals surface area contributed by atoms with E-state index in [9.17, 15) is 9.90 Å². The van der Waals surface area contributed by atoms with Crippen molar-refractivity contribution < 1.29 is 14.6 Å². The van der Waals surface area contributed by atoms with E-state index >= 15 is 0 Å². The summed E-state index contributed by atoms with van der Waals surface area (Å²) in [6.45, 7) is 1.57. The van der Waals surface area contributed by atoms with Crippen molar-refractivity contribution in [3.63, 3.8) is 0 Å². The second kappa shape index (κ2) is 7.51. The summed E-state index contributed by atoms with van der Waals surface area (Å²) >= 11 is 0. The topological polar surface area (TPSA) is 49.8 Å². The Kier molecular flexibility index (Phi) is 4.92. The lowest BCUT2D eigenvalue weighted by Crippen LogP contribution is -2.29. The Labute approximate surface area is 159 Å². The maximum absolute atomic E-state index is 12.6. The third-order valence-corrected chi connectivity index (χ3v) is 5.19. The molecule has 1 aliphatic heterocycles. The summed E-state index contributed by atoms with van der Waals surface area (Å²) < 4.78 is 5.39. The smallest absolute Gasteiger partial charge is 0.253 e. The molecule has 0 radical (unpaired) electrons. The van der Waals surface area contributed by atoms with Crippen LogP contribution in [-0.4, -0.2) is 42.2 Å². The fraction of sp³-hybridized carbons (Fsp3) is 0.261. The molecule has 3 aromatic carbocycles. The van der Waals surface area contributed by atoms with Crippen LogP contribution in [0.1, 0.15) is 22.3 Å². The number of methoxy groups -OCH3 is 1. The van der Waals surface area contributed by atoms with Gasteiger partial charge in [0.15, 0.2) is 0 Å². The van der Waals surface area contributed by atoms with Crippen LogP contribution in [0, 0.1) is 0 Å². The Morgan fingerprint density at radius 2 is 1.89 bits per heavy atom. The fourth-order valence-electron chi connectivity index (χ4n) is 3.82. The fourth-order valence-corrected chi connectivity index (χ4v) is 3.82. The predicted octanol–water partition coefficient (Wildman–Crippen LogP) is 3.86. The number of β-amino-alcohol motifs (C(OH)–C–C–N with tert-alkyl or cyclic N) is 1. The highest BCUT2D eigenvalue weighted by atomic mass is 16.5. The minimum atomic E-state index is -0.402. The molecule has 1 saturated heterocycles. The summed E-state index contributed by atoms with van der Waals surface area (Å²) in [6.07, 6.45) is 0.251.